The fourth-order valence-corrected chi connectivity index (χ4v) is 1.15. The van der Waals surface area contributed by atoms with Crippen LogP contribution >= 0.6 is 0 Å². The van der Waals surface area contributed by atoms with E-state index in [-0.39, 0.29) is 0 Å². The lowest BCUT2D eigenvalue weighted by Gasteiger charge is -2.06. The van der Waals surface area contributed by atoms with Gasteiger partial charge in [0.2, 0.25) is 0 Å². The molecule has 1 aromatic carbocycles. The van der Waals surface area contributed by atoms with E-state index >= 15 is 0 Å². The molecule has 0 amide bonds. The molecule has 0 saturated carbocycles. The lowest BCUT2D eigenvalue weighted by Crippen LogP contribution is -1.92. The van der Waals surface area contributed by atoms with Crippen LogP contribution in [-0.4, -0.2) is 19.7 Å². The van der Waals surface area contributed by atoms with Crippen molar-refractivity contribution in [2.75, 3.05) is 7.11 Å². The molecule has 0 N–H and O–H groups in total. The van der Waals surface area contributed by atoms with Crippen molar-refractivity contribution in [1.29, 1.82) is 0 Å². The molecule has 0 aromatic heterocycles. The predicted molar refractivity (Wildman–Crippen MR) is 53.1 cm³/mol. The number of ether oxygens (including phenoxy) is 1. The molecule has 1 rings (SSSR count). The number of hydrogen-bond acceptors (Lipinski definition) is 3. The Morgan fingerprint density at radius 1 is 1.29 bits per heavy atom. The molecule has 0 unspecified atom stereocenters. The lowest BCUT2D eigenvalue weighted by molar-refractivity contribution is -0.105. The number of benzene rings is 1. The van der Waals surface area contributed by atoms with Gasteiger partial charge in [0.25, 0.3) is 0 Å². The topological polar surface area (TPSA) is 43.4 Å². The first-order chi connectivity index (χ1) is 6.83. The van der Waals surface area contributed by atoms with Gasteiger partial charge < -0.3 is 4.74 Å². The SMILES string of the molecule is COc1ccccc1/C(C=O)=C/C=O. The molecule has 0 heterocycles. The number of methoxy groups -OCH3 is 1. The first-order valence-corrected chi connectivity index (χ1v) is 4.07. The van der Waals surface area contributed by atoms with Crippen molar-refractivity contribution in [3.05, 3.63) is 35.9 Å². The number of aldehydes is 2. The van der Waals surface area contributed by atoms with Crippen LogP contribution in [0, 0.1) is 0 Å². The summed E-state index contributed by atoms with van der Waals surface area (Å²) in [5.41, 5.74) is 0.939. The Labute approximate surface area is 82.0 Å². The smallest absolute Gasteiger partial charge is 0.150 e. The molecule has 0 aliphatic heterocycles. The molecule has 0 aliphatic rings. The first-order valence-electron chi connectivity index (χ1n) is 4.07. The van der Waals surface area contributed by atoms with Crippen LogP contribution in [-0.2, 0) is 9.59 Å². The highest BCUT2D eigenvalue weighted by Crippen LogP contribution is 2.23. The summed E-state index contributed by atoms with van der Waals surface area (Å²) in [4.78, 5) is 21.0. The largest absolute Gasteiger partial charge is 0.496 e. The Hall–Kier alpha value is -1.90. The summed E-state index contributed by atoms with van der Waals surface area (Å²) in [7, 11) is 1.52. The quantitative estimate of drug-likeness (QED) is 0.533. The average Bonchev–Trinajstić information content (AvgIpc) is 2.26. The second-order valence-corrected chi connectivity index (χ2v) is 2.58. The second kappa shape index (κ2) is 4.97. The maximum absolute atomic E-state index is 10.7. The third kappa shape index (κ3) is 2.07. The van der Waals surface area contributed by atoms with Crippen molar-refractivity contribution in [2.45, 2.75) is 0 Å². The standard InChI is InChI=1S/C11H10O3/c1-14-11-5-3-2-4-10(11)9(8-13)6-7-12/h2-8H,1H3/b9-6+. The van der Waals surface area contributed by atoms with Crippen molar-refractivity contribution in [3.63, 3.8) is 0 Å². The molecule has 14 heavy (non-hydrogen) atoms. The number of allylic oxidation sites excluding steroid dienone is 2. The first kappa shape index (κ1) is 10.2. The Kier molecular flexibility index (Phi) is 3.61. The molecule has 0 bridgehead atoms. The van der Waals surface area contributed by atoms with E-state index in [2.05, 4.69) is 0 Å². The third-order valence-electron chi connectivity index (χ3n) is 1.79. The van der Waals surface area contributed by atoms with Crippen LogP contribution in [0.25, 0.3) is 5.57 Å². The van der Waals surface area contributed by atoms with Gasteiger partial charge in [-0.15, -0.1) is 0 Å². The molecule has 1 aromatic rings. The minimum absolute atomic E-state index is 0.317. The van der Waals surface area contributed by atoms with Crippen molar-refractivity contribution in [3.8, 4) is 5.75 Å². The number of rotatable bonds is 4. The van der Waals surface area contributed by atoms with Crippen LogP contribution in [0.15, 0.2) is 30.3 Å². The van der Waals surface area contributed by atoms with Crippen molar-refractivity contribution in [1.82, 2.24) is 0 Å². The average molecular weight is 190 g/mol. The zero-order chi connectivity index (χ0) is 10.4. The van der Waals surface area contributed by atoms with Gasteiger partial charge in [0.1, 0.15) is 12.0 Å². The highest BCUT2D eigenvalue weighted by Gasteiger charge is 2.05. The highest BCUT2D eigenvalue weighted by molar-refractivity contribution is 6.11. The van der Waals surface area contributed by atoms with Crippen molar-refractivity contribution >= 4 is 18.1 Å². The van der Waals surface area contributed by atoms with Crippen LogP contribution in [0.3, 0.4) is 0 Å². The second-order valence-electron chi connectivity index (χ2n) is 2.58. The molecule has 0 spiro atoms. The summed E-state index contributed by atoms with van der Waals surface area (Å²) in [5.74, 6) is 0.577. The molecule has 3 nitrogen and oxygen atoms in total. The van der Waals surface area contributed by atoms with E-state index in [1.165, 1.54) is 13.2 Å². The molecule has 72 valence electrons. The Morgan fingerprint density at radius 2 is 2.00 bits per heavy atom. The molecule has 0 atom stereocenters. The van der Waals surface area contributed by atoms with Gasteiger partial charge in [-0.2, -0.15) is 0 Å². The summed E-state index contributed by atoms with van der Waals surface area (Å²) >= 11 is 0. The maximum atomic E-state index is 10.7. The molecule has 0 aliphatic carbocycles. The summed E-state index contributed by atoms with van der Waals surface area (Å²) in [6.07, 6.45) is 2.42. The van der Waals surface area contributed by atoms with E-state index in [1.807, 2.05) is 0 Å². The molecular formula is C11H10O3. The molecule has 3 heteroatoms. The van der Waals surface area contributed by atoms with Gasteiger partial charge in [0.15, 0.2) is 6.29 Å². The Bertz CT molecular complexity index is 367. The fourth-order valence-electron chi connectivity index (χ4n) is 1.15. The van der Waals surface area contributed by atoms with Crippen molar-refractivity contribution in [2.24, 2.45) is 0 Å². The van der Waals surface area contributed by atoms with Crippen LogP contribution in [0.5, 0.6) is 5.75 Å². The van der Waals surface area contributed by atoms with Gasteiger partial charge in [-0.25, -0.2) is 0 Å². The lowest BCUT2D eigenvalue weighted by atomic mass is 10.1. The summed E-state index contributed by atoms with van der Waals surface area (Å²) in [6.45, 7) is 0. The van der Waals surface area contributed by atoms with Crippen LogP contribution in [0.1, 0.15) is 5.56 Å². The van der Waals surface area contributed by atoms with Gasteiger partial charge in [0, 0.05) is 11.1 Å². The van der Waals surface area contributed by atoms with Crippen LogP contribution in [0.4, 0.5) is 0 Å². The zero-order valence-electron chi connectivity index (χ0n) is 7.77. The Morgan fingerprint density at radius 3 is 2.57 bits per heavy atom. The van der Waals surface area contributed by atoms with Crippen LogP contribution < -0.4 is 4.74 Å². The Balaban J connectivity index is 3.21. The van der Waals surface area contributed by atoms with Gasteiger partial charge in [0.05, 0.1) is 7.11 Å². The fraction of sp³-hybridized carbons (Fsp3) is 0.0909. The van der Waals surface area contributed by atoms with E-state index < -0.39 is 0 Å². The third-order valence-corrected chi connectivity index (χ3v) is 1.79. The number of hydrogen-bond donors (Lipinski definition) is 0. The maximum Gasteiger partial charge on any atom is 0.150 e. The minimum atomic E-state index is 0.317. The van der Waals surface area contributed by atoms with Gasteiger partial charge in [-0.1, -0.05) is 18.2 Å². The van der Waals surface area contributed by atoms with Gasteiger partial charge in [-0.05, 0) is 12.1 Å². The zero-order valence-corrected chi connectivity index (χ0v) is 7.77. The predicted octanol–water partition coefficient (Wildman–Crippen LogP) is 1.48. The van der Waals surface area contributed by atoms with Gasteiger partial charge >= 0.3 is 0 Å². The summed E-state index contributed by atoms with van der Waals surface area (Å²) < 4.78 is 5.06. The minimum Gasteiger partial charge on any atom is -0.496 e. The molecule has 0 fully saturated rings. The number of para-hydroxylation sites is 1. The number of carbonyl (C=O) groups is 2. The van der Waals surface area contributed by atoms with E-state index in [0.29, 0.717) is 29.5 Å². The van der Waals surface area contributed by atoms with Gasteiger partial charge in [-0.3, -0.25) is 9.59 Å². The normalized spacial score (nSPS) is 10.8. The van der Waals surface area contributed by atoms with E-state index in [4.69, 9.17) is 4.74 Å². The molecular weight excluding hydrogens is 180 g/mol. The molecule has 0 saturated heterocycles. The van der Waals surface area contributed by atoms with E-state index in [0.717, 1.165) is 0 Å². The summed E-state index contributed by atoms with van der Waals surface area (Å²) in [5, 5.41) is 0. The van der Waals surface area contributed by atoms with E-state index in [9.17, 15) is 9.59 Å². The highest BCUT2D eigenvalue weighted by atomic mass is 16.5. The number of carbonyl (C=O) groups excluding carboxylic acids is 2. The van der Waals surface area contributed by atoms with E-state index in [1.54, 1.807) is 24.3 Å². The summed E-state index contributed by atoms with van der Waals surface area (Å²) in [6, 6.07) is 7.03. The van der Waals surface area contributed by atoms with Crippen LogP contribution in [0.2, 0.25) is 0 Å². The monoisotopic (exact) mass is 190 g/mol. The molecule has 0 radical (unpaired) electrons. The van der Waals surface area contributed by atoms with Crippen molar-refractivity contribution < 1.29 is 14.3 Å².